The number of nitrogens with one attached hydrogen (secondary N) is 1. The second kappa shape index (κ2) is 6.65. The summed E-state index contributed by atoms with van der Waals surface area (Å²) in [5.41, 5.74) is 0.378. The van der Waals surface area contributed by atoms with E-state index in [1.807, 2.05) is 6.07 Å². The first-order valence-corrected chi connectivity index (χ1v) is 7.11. The van der Waals surface area contributed by atoms with E-state index < -0.39 is 0 Å². The maximum atomic E-state index is 11.8. The first-order valence-electron chi connectivity index (χ1n) is 7.11. The summed E-state index contributed by atoms with van der Waals surface area (Å²) in [5.74, 6) is 1.12. The normalized spacial score (nSPS) is 16.5. The van der Waals surface area contributed by atoms with Crippen LogP contribution in [0, 0.1) is 5.92 Å². The molecule has 1 amide bonds. The van der Waals surface area contributed by atoms with Gasteiger partial charge in [0.15, 0.2) is 11.5 Å². The van der Waals surface area contributed by atoms with Crippen molar-refractivity contribution in [2.24, 2.45) is 5.92 Å². The van der Waals surface area contributed by atoms with Crippen LogP contribution >= 0.6 is 0 Å². The number of carbonyl (C=O) groups excluding carboxylic acids is 1. The van der Waals surface area contributed by atoms with Crippen molar-refractivity contribution < 1.29 is 4.79 Å². The van der Waals surface area contributed by atoms with Crippen molar-refractivity contribution in [3.63, 3.8) is 0 Å². The number of nitrogens with zero attached hydrogens (tertiary/aromatic N) is 4. The predicted molar refractivity (Wildman–Crippen MR) is 78.9 cm³/mol. The number of amides is 1. The predicted octanol–water partition coefficient (Wildman–Crippen LogP) is 0.614. The molecule has 1 aliphatic heterocycles. The summed E-state index contributed by atoms with van der Waals surface area (Å²) >= 11 is 0. The molecule has 0 aliphatic carbocycles. The van der Waals surface area contributed by atoms with E-state index in [1.165, 1.54) is 0 Å². The molecule has 1 aromatic heterocycles. The van der Waals surface area contributed by atoms with Crippen LogP contribution < -0.4 is 10.2 Å². The zero-order chi connectivity index (χ0) is 14.5. The number of anilines is 1. The first-order chi connectivity index (χ1) is 9.56. The Hall–Kier alpha value is -1.69. The molecule has 0 unspecified atom stereocenters. The van der Waals surface area contributed by atoms with E-state index in [1.54, 1.807) is 6.07 Å². The Labute approximate surface area is 120 Å². The number of piperazine rings is 1. The Kier molecular flexibility index (Phi) is 4.89. The second-order valence-corrected chi connectivity index (χ2v) is 5.67. The number of carbonyl (C=O) groups is 1. The molecule has 1 aromatic rings. The number of aromatic nitrogens is 2. The second-order valence-electron chi connectivity index (χ2n) is 5.67. The molecule has 1 fully saturated rings. The average Bonchev–Trinajstić information content (AvgIpc) is 2.46. The minimum Gasteiger partial charge on any atom is -0.353 e. The third kappa shape index (κ3) is 3.90. The molecular weight excluding hydrogens is 254 g/mol. The van der Waals surface area contributed by atoms with Gasteiger partial charge in [-0.15, -0.1) is 10.2 Å². The summed E-state index contributed by atoms with van der Waals surface area (Å²) < 4.78 is 0. The lowest BCUT2D eigenvalue weighted by atomic mass is 10.2. The van der Waals surface area contributed by atoms with E-state index in [0.29, 0.717) is 18.2 Å². The van der Waals surface area contributed by atoms with Crippen LogP contribution in [0.2, 0.25) is 0 Å². The molecule has 110 valence electrons. The fourth-order valence-electron chi connectivity index (χ4n) is 2.04. The van der Waals surface area contributed by atoms with E-state index >= 15 is 0 Å². The smallest absolute Gasteiger partial charge is 0.271 e. The van der Waals surface area contributed by atoms with E-state index in [9.17, 15) is 4.79 Å². The maximum absolute atomic E-state index is 11.8. The van der Waals surface area contributed by atoms with Crippen LogP contribution in [0.15, 0.2) is 12.1 Å². The molecule has 1 saturated heterocycles. The average molecular weight is 277 g/mol. The summed E-state index contributed by atoms with van der Waals surface area (Å²) in [5, 5.41) is 11.0. The molecule has 0 aromatic carbocycles. The minimum atomic E-state index is -0.156. The Morgan fingerprint density at radius 2 is 1.95 bits per heavy atom. The van der Waals surface area contributed by atoms with Gasteiger partial charge in [-0.25, -0.2) is 0 Å². The summed E-state index contributed by atoms with van der Waals surface area (Å²) in [4.78, 5) is 16.3. The molecule has 6 heteroatoms. The summed E-state index contributed by atoms with van der Waals surface area (Å²) in [7, 11) is 2.12. The third-order valence-corrected chi connectivity index (χ3v) is 3.38. The molecular formula is C14H23N5O. The van der Waals surface area contributed by atoms with Gasteiger partial charge < -0.3 is 15.1 Å². The molecule has 0 bridgehead atoms. The lowest BCUT2D eigenvalue weighted by molar-refractivity contribution is 0.0943. The first kappa shape index (κ1) is 14.7. The molecule has 0 atom stereocenters. The van der Waals surface area contributed by atoms with Crippen molar-refractivity contribution in [1.82, 2.24) is 20.4 Å². The van der Waals surface area contributed by atoms with Gasteiger partial charge in [0.25, 0.3) is 5.91 Å². The maximum Gasteiger partial charge on any atom is 0.271 e. The van der Waals surface area contributed by atoms with E-state index in [2.05, 4.69) is 46.2 Å². The zero-order valence-electron chi connectivity index (χ0n) is 12.5. The monoisotopic (exact) mass is 277 g/mol. The fourth-order valence-corrected chi connectivity index (χ4v) is 2.04. The van der Waals surface area contributed by atoms with Gasteiger partial charge >= 0.3 is 0 Å². The van der Waals surface area contributed by atoms with Crippen molar-refractivity contribution >= 4 is 11.7 Å². The lowest BCUT2D eigenvalue weighted by Gasteiger charge is -2.32. The molecule has 0 spiro atoms. The Morgan fingerprint density at radius 3 is 2.50 bits per heavy atom. The van der Waals surface area contributed by atoms with Crippen LogP contribution in [0.25, 0.3) is 0 Å². The largest absolute Gasteiger partial charge is 0.353 e. The molecule has 20 heavy (non-hydrogen) atoms. The van der Waals surface area contributed by atoms with Gasteiger partial charge in [0.1, 0.15) is 0 Å². The van der Waals surface area contributed by atoms with Crippen molar-refractivity contribution in [2.45, 2.75) is 13.8 Å². The highest BCUT2D eigenvalue weighted by atomic mass is 16.1. The Bertz CT molecular complexity index is 437. The SMILES string of the molecule is CC(C)CNC(=O)c1ccc(N2CCN(C)CC2)nn1. The van der Waals surface area contributed by atoms with Gasteiger partial charge in [-0.05, 0) is 25.1 Å². The lowest BCUT2D eigenvalue weighted by Crippen LogP contribution is -2.44. The number of hydrogen-bond donors (Lipinski definition) is 1. The molecule has 1 N–H and O–H groups in total. The Balaban J connectivity index is 1.94. The highest BCUT2D eigenvalue weighted by molar-refractivity contribution is 5.92. The van der Waals surface area contributed by atoms with E-state index in [0.717, 1.165) is 32.0 Å². The summed E-state index contributed by atoms with van der Waals surface area (Å²) in [6.45, 7) is 8.72. The summed E-state index contributed by atoms with van der Waals surface area (Å²) in [6, 6.07) is 3.62. The molecule has 0 radical (unpaired) electrons. The van der Waals surface area contributed by atoms with Gasteiger partial charge in [0, 0.05) is 32.7 Å². The highest BCUT2D eigenvalue weighted by Crippen LogP contribution is 2.12. The number of hydrogen-bond acceptors (Lipinski definition) is 5. The molecule has 2 heterocycles. The molecule has 6 nitrogen and oxygen atoms in total. The summed E-state index contributed by atoms with van der Waals surface area (Å²) in [6.07, 6.45) is 0. The number of likely N-dealkylation sites (N-methyl/N-ethyl adjacent to an activating group) is 1. The van der Waals surface area contributed by atoms with Crippen LogP contribution in [0.5, 0.6) is 0 Å². The topological polar surface area (TPSA) is 61.4 Å². The van der Waals surface area contributed by atoms with Crippen LogP contribution in [0.4, 0.5) is 5.82 Å². The van der Waals surface area contributed by atoms with Crippen molar-refractivity contribution in [2.75, 3.05) is 44.7 Å². The van der Waals surface area contributed by atoms with Crippen LogP contribution in [-0.4, -0.2) is 60.8 Å². The Morgan fingerprint density at radius 1 is 1.25 bits per heavy atom. The van der Waals surface area contributed by atoms with Gasteiger partial charge in [0.2, 0.25) is 0 Å². The molecule has 1 aliphatic rings. The standard InChI is InChI=1S/C14H23N5O/c1-11(2)10-15-14(20)12-4-5-13(17-16-12)19-8-6-18(3)7-9-19/h4-5,11H,6-10H2,1-3H3,(H,15,20). The highest BCUT2D eigenvalue weighted by Gasteiger charge is 2.16. The van der Waals surface area contributed by atoms with Crippen molar-refractivity contribution in [3.8, 4) is 0 Å². The minimum absolute atomic E-state index is 0.156. The van der Waals surface area contributed by atoms with Gasteiger partial charge in [0.05, 0.1) is 0 Å². The van der Waals surface area contributed by atoms with Crippen LogP contribution in [-0.2, 0) is 0 Å². The number of rotatable bonds is 4. The fraction of sp³-hybridized carbons (Fsp3) is 0.643. The van der Waals surface area contributed by atoms with Crippen LogP contribution in [0.1, 0.15) is 24.3 Å². The molecule has 2 rings (SSSR count). The van der Waals surface area contributed by atoms with Crippen molar-refractivity contribution in [3.05, 3.63) is 17.8 Å². The van der Waals surface area contributed by atoms with Crippen LogP contribution in [0.3, 0.4) is 0 Å². The van der Waals surface area contributed by atoms with E-state index in [4.69, 9.17) is 0 Å². The van der Waals surface area contributed by atoms with Gasteiger partial charge in [-0.3, -0.25) is 4.79 Å². The zero-order valence-corrected chi connectivity index (χ0v) is 12.5. The van der Waals surface area contributed by atoms with Crippen molar-refractivity contribution in [1.29, 1.82) is 0 Å². The molecule has 0 saturated carbocycles. The van der Waals surface area contributed by atoms with Gasteiger partial charge in [-0.2, -0.15) is 0 Å². The third-order valence-electron chi connectivity index (χ3n) is 3.38. The van der Waals surface area contributed by atoms with E-state index in [-0.39, 0.29) is 5.91 Å². The van der Waals surface area contributed by atoms with Gasteiger partial charge in [-0.1, -0.05) is 13.8 Å². The quantitative estimate of drug-likeness (QED) is 0.874.